The summed E-state index contributed by atoms with van der Waals surface area (Å²) < 4.78 is 0. The summed E-state index contributed by atoms with van der Waals surface area (Å²) in [5, 5.41) is 0. The van der Waals surface area contributed by atoms with Gasteiger partial charge in [0.15, 0.2) is 0 Å². The smallest absolute Gasteiger partial charge is 0.234 e. The van der Waals surface area contributed by atoms with E-state index in [1.807, 2.05) is 26.8 Å². The van der Waals surface area contributed by atoms with Crippen molar-refractivity contribution in [2.75, 3.05) is 11.4 Å². The molecular formula is C17H20N2O2. The van der Waals surface area contributed by atoms with Crippen molar-refractivity contribution in [1.29, 1.82) is 0 Å². The van der Waals surface area contributed by atoms with Crippen LogP contribution in [-0.2, 0) is 9.59 Å². The van der Waals surface area contributed by atoms with E-state index in [2.05, 4.69) is 11.8 Å². The Kier molecular flexibility index (Phi) is 4.15. The second-order valence-electron chi connectivity index (χ2n) is 6.15. The minimum atomic E-state index is -0.266. The zero-order chi connectivity index (χ0) is 15.6. The lowest BCUT2D eigenvalue weighted by Crippen LogP contribution is -2.46. The summed E-state index contributed by atoms with van der Waals surface area (Å²) in [5.41, 5.74) is 7.50. The number of hydrogen-bond donors (Lipinski definition) is 1. The van der Waals surface area contributed by atoms with Crippen LogP contribution >= 0.6 is 0 Å². The highest BCUT2D eigenvalue weighted by molar-refractivity contribution is 6.17. The Morgan fingerprint density at radius 3 is 2.43 bits per heavy atom. The molecule has 1 aliphatic heterocycles. The predicted octanol–water partition coefficient (Wildman–Crippen LogP) is 1.98. The van der Waals surface area contributed by atoms with Gasteiger partial charge in [0.1, 0.15) is 0 Å². The van der Waals surface area contributed by atoms with Crippen molar-refractivity contribution in [1.82, 2.24) is 0 Å². The highest BCUT2D eigenvalue weighted by atomic mass is 16.2. The van der Waals surface area contributed by atoms with E-state index in [0.717, 1.165) is 11.1 Å². The van der Waals surface area contributed by atoms with Crippen molar-refractivity contribution in [2.24, 2.45) is 11.1 Å². The van der Waals surface area contributed by atoms with Gasteiger partial charge in [-0.25, -0.2) is 0 Å². The number of nitrogens with two attached hydrogens (primary N) is 1. The fraction of sp³-hybridized carbons (Fsp3) is 0.412. The highest BCUT2D eigenvalue weighted by Gasteiger charge is 2.38. The molecule has 0 radical (unpaired) electrons. The maximum Gasteiger partial charge on any atom is 0.234 e. The number of aryl methyl sites for hydroxylation is 1. The monoisotopic (exact) mass is 284 g/mol. The Balaban J connectivity index is 2.38. The summed E-state index contributed by atoms with van der Waals surface area (Å²) in [6.45, 7) is 6.09. The fourth-order valence-electron chi connectivity index (χ4n) is 2.50. The van der Waals surface area contributed by atoms with Gasteiger partial charge in [-0.2, -0.15) is 0 Å². The number of nitrogens with zero attached hydrogens (tertiary/aromatic N) is 1. The van der Waals surface area contributed by atoms with E-state index in [4.69, 9.17) is 5.73 Å². The molecule has 0 aromatic heterocycles. The Bertz CT molecular complexity index is 630. The number of anilines is 1. The van der Waals surface area contributed by atoms with Gasteiger partial charge in [-0.05, 0) is 30.0 Å². The van der Waals surface area contributed by atoms with Crippen LogP contribution in [0.3, 0.4) is 0 Å². The molecule has 0 unspecified atom stereocenters. The maximum atomic E-state index is 12.3. The number of benzene rings is 1. The second-order valence-corrected chi connectivity index (χ2v) is 6.15. The van der Waals surface area contributed by atoms with E-state index in [1.54, 1.807) is 12.1 Å². The minimum Gasteiger partial charge on any atom is -0.320 e. The van der Waals surface area contributed by atoms with Crippen molar-refractivity contribution < 1.29 is 9.59 Å². The van der Waals surface area contributed by atoms with Crippen LogP contribution in [0.1, 0.15) is 37.8 Å². The zero-order valence-electron chi connectivity index (χ0n) is 12.7. The molecular weight excluding hydrogens is 264 g/mol. The standard InChI is InChI=1S/C17H20N2O2/c1-12-6-7-14(9-13(12)5-4-8-18)19-15(20)10-17(2,3)11-16(19)21/h6-7,9H,8,10-11,18H2,1-3H3. The molecule has 1 aromatic rings. The van der Waals surface area contributed by atoms with Crippen LogP contribution < -0.4 is 10.6 Å². The summed E-state index contributed by atoms with van der Waals surface area (Å²) in [4.78, 5) is 25.8. The Hall–Kier alpha value is -2.12. The van der Waals surface area contributed by atoms with Gasteiger partial charge in [0.2, 0.25) is 11.8 Å². The Labute approximate surface area is 125 Å². The molecule has 110 valence electrons. The normalized spacial score (nSPS) is 17.4. The van der Waals surface area contributed by atoms with Crippen LogP contribution in [0.2, 0.25) is 0 Å². The lowest BCUT2D eigenvalue weighted by Gasteiger charge is -2.34. The first-order valence-electron chi connectivity index (χ1n) is 6.99. The van der Waals surface area contributed by atoms with E-state index in [1.165, 1.54) is 4.90 Å². The fourth-order valence-corrected chi connectivity index (χ4v) is 2.50. The third kappa shape index (κ3) is 3.32. The lowest BCUT2D eigenvalue weighted by molar-refractivity contribution is -0.132. The summed E-state index contributed by atoms with van der Waals surface area (Å²) in [6.07, 6.45) is 0.743. The molecule has 4 nitrogen and oxygen atoms in total. The zero-order valence-corrected chi connectivity index (χ0v) is 12.7. The summed E-state index contributed by atoms with van der Waals surface area (Å²) in [7, 11) is 0. The molecule has 21 heavy (non-hydrogen) atoms. The Morgan fingerprint density at radius 1 is 1.24 bits per heavy atom. The van der Waals surface area contributed by atoms with Gasteiger partial charge in [0, 0.05) is 18.4 Å². The number of rotatable bonds is 1. The summed E-state index contributed by atoms with van der Waals surface area (Å²) in [5.74, 6) is 5.46. The topological polar surface area (TPSA) is 63.4 Å². The largest absolute Gasteiger partial charge is 0.320 e. The van der Waals surface area contributed by atoms with Crippen LogP contribution in [0.5, 0.6) is 0 Å². The van der Waals surface area contributed by atoms with Gasteiger partial charge in [0.05, 0.1) is 12.2 Å². The van der Waals surface area contributed by atoms with E-state index >= 15 is 0 Å². The van der Waals surface area contributed by atoms with Crippen molar-refractivity contribution in [3.05, 3.63) is 29.3 Å². The molecule has 0 atom stereocenters. The predicted molar refractivity (Wildman–Crippen MR) is 82.6 cm³/mol. The molecule has 0 saturated carbocycles. The average Bonchev–Trinajstić information content (AvgIpc) is 2.36. The van der Waals surface area contributed by atoms with Crippen molar-refractivity contribution in [2.45, 2.75) is 33.6 Å². The molecule has 2 N–H and O–H groups in total. The van der Waals surface area contributed by atoms with Gasteiger partial charge in [-0.15, -0.1) is 0 Å². The van der Waals surface area contributed by atoms with Gasteiger partial charge in [0.25, 0.3) is 0 Å². The molecule has 4 heteroatoms. The number of amides is 2. The number of carbonyl (C=O) groups excluding carboxylic acids is 2. The molecule has 2 amide bonds. The molecule has 1 aromatic carbocycles. The minimum absolute atomic E-state index is 0.155. The average molecular weight is 284 g/mol. The van der Waals surface area contributed by atoms with Crippen molar-refractivity contribution >= 4 is 17.5 Å². The van der Waals surface area contributed by atoms with Crippen LogP contribution in [0.15, 0.2) is 18.2 Å². The van der Waals surface area contributed by atoms with E-state index in [-0.39, 0.29) is 23.8 Å². The van der Waals surface area contributed by atoms with Gasteiger partial charge in [-0.1, -0.05) is 31.8 Å². The SMILES string of the molecule is Cc1ccc(N2C(=O)CC(C)(C)CC2=O)cc1C#CCN. The van der Waals surface area contributed by atoms with E-state index in [0.29, 0.717) is 18.5 Å². The third-order valence-electron chi connectivity index (χ3n) is 3.56. The van der Waals surface area contributed by atoms with Gasteiger partial charge in [-0.3, -0.25) is 14.5 Å². The highest BCUT2D eigenvalue weighted by Crippen LogP contribution is 2.34. The van der Waals surface area contributed by atoms with Crippen LogP contribution in [0.4, 0.5) is 5.69 Å². The van der Waals surface area contributed by atoms with E-state index in [9.17, 15) is 9.59 Å². The molecule has 0 aliphatic carbocycles. The Morgan fingerprint density at radius 2 is 1.86 bits per heavy atom. The molecule has 2 rings (SSSR count). The quantitative estimate of drug-likeness (QED) is 0.633. The van der Waals surface area contributed by atoms with Crippen LogP contribution in [0.25, 0.3) is 0 Å². The number of piperidine rings is 1. The molecule has 1 fully saturated rings. The number of imide groups is 1. The lowest BCUT2D eigenvalue weighted by atomic mass is 9.81. The maximum absolute atomic E-state index is 12.3. The molecule has 0 spiro atoms. The van der Waals surface area contributed by atoms with Gasteiger partial charge < -0.3 is 5.73 Å². The van der Waals surface area contributed by atoms with E-state index < -0.39 is 0 Å². The number of carbonyl (C=O) groups is 2. The van der Waals surface area contributed by atoms with Crippen molar-refractivity contribution in [3.63, 3.8) is 0 Å². The molecule has 1 aliphatic rings. The molecule has 0 bridgehead atoms. The molecule has 1 saturated heterocycles. The molecule has 1 heterocycles. The first kappa shape index (κ1) is 15.3. The summed E-state index contributed by atoms with van der Waals surface area (Å²) in [6, 6.07) is 5.44. The number of hydrogen-bond acceptors (Lipinski definition) is 3. The summed E-state index contributed by atoms with van der Waals surface area (Å²) >= 11 is 0. The third-order valence-corrected chi connectivity index (χ3v) is 3.56. The second kappa shape index (κ2) is 5.71. The first-order valence-corrected chi connectivity index (χ1v) is 6.99. The van der Waals surface area contributed by atoms with Crippen LogP contribution in [-0.4, -0.2) is 18.4 Å². The first-order chi connectivity index (χ1) is 9.84. The van der Waals surface area contributed by atoms with Gasteiger partial charge >= 0.3 is 0 Å². The van der Waals surface area contributed by atoms with Crippen molar-refractivity contribution in [3.8, 4) is 11.8 Å². The van der Waals surface area contributed by atoms with Crippen LogP contribution in [0, 0.1) is 24.2 Å².